The van der Waals surface area contributed by atoms with Crippen LogP contribution in [0.3, 0.4) is 0 Å². The number of hydrogen-bond acceptors (Lipinski definition) is 7. The topological polar surface area (TPSA) is 72.8 Å². The third-order valence-electron chi connectivity index (χ3n) is 5.48. The Morgan fingerprint density at radius 3 is 1.97 bits per heavy atom. The molecule has 0 atom stereocenters. The molecule has 0 saturated heterocycles. The summed E-state index contributed by atoms with van der Waals surface area (Å²) in [5, 5.41) is 10.1. The lowest BCUT2D eigenvalue weighted by atomic mass is 9.77. The van der Waals surface area contributed by atoms with E-state index >= 15 is 0 Å². The van der Waals surface area contributed by atoms with E-state index in [0.717, 1.165) is 16.7 Å². The molecule has 182 valence electrons. The molecule has 1 aromatic heterocycles. The molecule has 1 heterocycles. The standard InChI is InChI=1S/C29H27N3O3S/c1-3-20-35-32-26(27(33)34-4-2)25-21-36-28(30-25)31-29(22-14-8-5-9-15-22,23-16-10-6-11-17-23)24-18-12-7-13-19-24/h3,5-19,21H,1,4,20H2,2H3,(H,30,31)/b32-26+. The van der Waals surface area contributed by atoms with Crippen molar-refractivity contribution in [2.45, 2.75) is 12.5 Å². The van der Waals surface area contributed by atoms with Gasteiger partial charge in [0, 0.05) is 5.38 Å². The molecule has 3 aromatic carbocycles. The van der Waals surface area contributed by atoms with Crippen LogP contribution < -0.4 is 5.32 Å². The summed E-state index contributed by atoms with van der Waals surface area (Å²) in [6.45, 7) is 5.73. The van der Waals surface area contributed by atoms with Gasteiger partial charge in [0.15, 0.2) is 5.13 Å². The Balaban J connectivity index is 1.82. The van der Waals surface area contributed by atoms with Crippen LogP contribution in [0.2, 0.25) is 0 Å². The number of nitrogens with zero attached hydrogens (tertiary/aromatic N) is 2. The van der Waals surface area contributed by atoms with E-state index < -0.39 is 11.5 Å². The normalized spacial score (nSPS) is 11.5. The summed E-state index contributed by atoms with van der Waals surface area (Å²) in [6, 6.07) is 30.7. The minimum atomic E-state index is -0.737. The van der Waals surface area contributed by atoms with E-state index in [4.69, 9.17) is 14.6 Å². The number of ether oxygens (including phenoxy) is 1. The van der Waals surface area contributed by atoms with Gasteiger partial charge in [0.05, 0.1) is 6.61 Å². The van der Waals surface area contributed by atoms with Crippen molar-refractivity contribution in [2.75, 3.05) is 18.5 Å². The number of anilines is 1. The molecule has 0 aliphatic carbocycles. The zero-order valence-electron chi connectivity index (χ0n) is 20.0. The quantitative estimate of drug-likeness (QED) is 0.0685. The second kappa shape index (κ2) is 12.0. The Kier molecular flexibility index (Phi) is 8.26. The number of hydrogen-bond donors (Lipinski definition) is 1. The van der Waals surface area contributed by atoms with Crippen LogP contribution in [-0.2, 0) is 19.9 Å². The van der Waals surface area contributed by atoms with Gasteiger partial charge in [-0.25, -0.2) is 9.78 Å². The molecule has 4 rings (SSSR count). The number of rotatable bonds is 11. The molecular weight excluding hydrogens is 470 g/mol. The molecule has 0 unspecified atom stereocenters. The molecule has 1 N–H and O–H groups in total. The van der Waals surface area contributed by atoms with Crippen molar-refractivity contribution in [2.24, 2.45) is 5.16 Å². The molecule has 0 aliphatic rings. The van der Waals surface area contributed by atoms with Crippen molar-refractivity contribution < 1.29 is 14.4 Å². The van der Waals surface area contributed by atoms with E-state index in [1.165, 1.54) is 11.3 Å². The van der Waals surface area contributed by atoms with E-state index in [-0.39, 0.29) is 18.9 Å². The summed E-state index contributed by atoms with van der Waals surface area (Å²) in [5.41, 5.74) is 2.79. The summed E-state index contributed by atoms with van der Waals surface area (Å²) >= 11 is 1.38. The highest BCUT2D eigenvalue weighted by Crippen LogP contribution is 2.40. The molecule has 0 bridgehead atoms. The van der Waals surface area contributed by atoms with Crippen LogP contribution in [0.4, 0.5) is 5.13 Å². The molecule has 0 amide bonds. The molecular formula is C29H27N3O3S. The SMILES string of the molecule is C=CCO/N=C(/C(=O)OCC)c1csc(NC(c2ccccc2)(c2ccccc2)c2ccccc2)n1. The smallest absolute Gasteiger partial charge is 0.362 e. The number of carbonyl (C=O) groups excluding carboxylic acids is 1. The number of carbonyl (C=O) groups is 1. The van der Waals surface area contributed by atoms with Crippen molar-refractivity contribution in [3.8, 4) is 0 Å². The number of nitrogens with one attached hydrogen (secondary N) is 1. The van der Waals surface area contributed by atoms with Gasteiger partial charge in [0.2, 0.25) is 5.71 Å². The first kappa shape index (κ1) is 24.9. The molecule has 6 nitrogen and oxygen atoms in total. The van der Waals surface area contributed by atoms with Crippen molar-refractivity contribution in [3.63, 3.8) is 0 Å². The van der Waals surface area contributed by atoms with Crippen LogP contribution >= 0.6 is 11.3 Å². The average Bonchev–Trinajstić information content (AvgIpc) is 3.39. The van der Waals surface area contributed by atoms with E-state index in [9.17, 15) is 4.79 Å². The van der Waals surface area contributed by atoms with Crippen LogP contribution in [0.1, 0.15) is 29.3 Å². The van der Waals surface area contributed by atoms with Gasteiger partial charge in [-0.15, -0.1) is 11.3 Å². The first-order valence-corrected chi connectivity index (χ1v) is 12.5. The predicted molar refractivity (Wildman–Crippen MR) is 144 cm³/mol. The van der Waals surface area contributed by atoms with E-state index in [0.29, 0.717) is 10.8 Å². The summed E-state index contributed by atoms with van der Waals surface area (Å²) in [5.74, 6) is -0.598. The van der Waals surface area contributed by atoms with Gasteiger partial charge in [0.1, 0.15) is 17.8 Å². The maximum absolute atomic E-state index is 12.6. The van der Waals surface area contributed by atoms with Crippen molar-refractivity contribution in [3.05, 3.63) is 131 Å². The van der Waals surface area contributed by atoms with Gasteiger partial charge >= 0.3 is 5.97 Å². The highest BCUT2D eigenvalue weighted by atomic mass is 32.1. The minimum absolute atomic E-state index is 0.00716. The van der Waals surface area contributed by atoms with Gasteiger partial charge in [0.25, 0.3) is 0 Å². The van der Waals surface area contributed by atoms with Crippen LogP contribution in [0.15, 0.2) is 114 Å². The fourth-order valence-electron chi connectivity index (χ4n) is 3.92. The predicted octanol–water partition coefficient (Wildman–Crippen LogP) is 6.02. The maximum Gasteiger partial charge on any atom is 0.362 e. The lowest BCUT2D eigenvalue weighted by Crippen LogP contribution is -2.38. The second-order valence-corrected chi connectivity index (χ2v) is 8.61. The van der Waals surface area contributed by atoms with Gasteiger partial charge in [-0.1, -0.05) is 109 Å². The number of benzene rings is 3. The fraction of sp³-hybridized carbons (Fsp3) is 0.138. The third kappa shape index (κ3) is 5.37. The maximum atomic E-state index is 12.6. The number of oxime groups is 1. The lowest BCUT2D eigenvalue weighted by molar-refractivity contribution is -0.135. The van der Waals surface area contributed by atoms with Gasteiger partial charge in [-0.2, -0.15) is 0 Å². The summed E-state index contributed by atoms with van der Waals surface area (Å²) in [7, 11) is 0. The molecule has 0 radical (unpaired) electrons. The largest absolute Gasteiger partial charge is 0.461 e. The van der Waals surface area contributed by atoms with E-state index in [2.05, 4.69) is 53.4 Å². The number of esters is 1. The zero-order valence-corrected chi connectivity index (χ0v) is 20.8. The number of thiazole rings is 1. The van der Waals surface area contributed by atoms with Gasteiger partial charge < -0.3 is 14.9 Å². The Hall–Kier alpha value is -4.23. The molecule has 0 fully saturated rings. The summed E-state index contributed by atoms with van der Waals surface area (Å²) in [6.07, 6.45) is 1.55. The van der Waals surface area contributed by atoms with E-state index in [1.807, 2.05) is 54.6 Å². The van der Waals surface area contributed by atoms with Crippen molar-refractivity contribution in [1.82, 2.24) is 4.98 Å². The highest BCUT2D eigenvalue weighted by molar-refractivity contribution is 7.14. The molecule has 0 saturated carbocycles. The van der Waals surface area contributed by atoms with Crippen LogP contribution in [-0.4, -0.2) is 29.9 Å². The summed E-state index contributed by atoms with van der Waals surface area (Å²) < 4.78 is 5.18. The Labute approximate surface area is 214 Å². The number of aromatic nitrogens is 1. The average molecular weight is 498 g/mol. The van der Waals surface area contributed by atoms with Crippen LogP contribution in [0.5, 0.6) is 0 Å². The molecule has 4 aromatic rings. The van der Waals surface area contributed by atoms with E-state index in [1.54, 1.807) is 18.4 Å². The zero-order chi connectivity index (χ0) is 25.2. The summed E-state index contributed by atoms with van der Waals surface area (Å²) in [4.78, 5) is 22.5. The fourth-order valence-corrected chi connectivity index (χ4v) is 4.67. The van der Waals surface area contributed by atoms with Crippen molar-refractivity contribution >= 4 is 28.1 Å². The minimum Gasteiger partial charge on any atom is -0.461 e. The third-order valence-corrected chi connectivity index (χ3v) is 6.24. The van der Waals surface area contributed by atoms with Gasteiger partial charge in [-0.3, -0.25) is 0 Å². The Morgan fingerprint density at radius 1 is 0.972 bits per heavy atom. The lowest BCUT2D eigenvalue weighted by Gasteiger charge is -2.36. The molecule has 0 spiro atoms. The first-order chi connectivity index (χ1) is 17.7. The Morgan fingerprint density at radius 2 is 1.50 bits per heavy atom. The van der Waals surface area contributed by atoms with Gasteiger partial charge in [-0.05, 0) is 23.6 Å². The molecule has 0 aliphatic heterocycles. The Bertz CT molecular complexity index is 1210. The van der Waals surface area contributed by atoms with Crippen LogP contribution in [0, 0.1) is 0 Å². The highest BCUT2D eigenvalue weighted by Gasteiger charge is 2.37. The van der Waals surface area contributed by atoms with Crippen molar-refractivity contribution in [1.29, 1.82) is 0 Å². The van der Waals surface area contributed by atoms with Crippen LogP contribution in [0.25, 0.3) is 0 Å². The monoisotopic (exact) mass is 497 g/mol. The molecule has 7 heteroatoms. The molecule has 36 heavy (non-hydrogen) atoms. The second-order valence-electron chi connectivity index (χ2n) is 7.76. The first-order valence-electron chi connectivity index (χ1n) is 11.6.